The lowest BCUT2D eigenvalue weighted by molar-refractivity contribution is 0.217. The summed E-state index contributed by atoms with van der Waals surface area (Å²) in [4.78, 5) is 6.39. The molecular formula is C20H27N5O3S. The maximum absolute atomic E-state index is 12.8. The maximum Gasteiger partial charge on any atom is 0.228 e. The molecule has 3 aromatic rings. The van der Waals surface area contributed by atoms with Crippen molar-refractivity contribution in [1.29, 1.82) is 0 Å². The first-order chi connectivity index (χ1) is 13.9. The molecule has 0 spiro atoms. The van der Waals surface area contributed by atoms with Crippen LogP contribution in [0.2, 0.25) is 0 Å². The number of hydrogen-bond donors (Lipinski definition) is 0. The number of aryl methyl sites for hydroxylation is 1. The molecule has 0 aliphatic heterocycles. The molecule has 0 aliphatic carbocycles. The molecule has 0 bridgehead atoms. The number of aromatic nitrogens is 4. The lowest BCUT2D eigenvalue weighted by Crippen LogP contribution is -2.22. The fourth-order valence-electron chi connectivity index (χ4n) is 3.18. The molecule has 2 aromatic heterocycles. The first-order valence-electron chi connectivity index (χ1n) is 9.35. The predicted octanol–water partition coefficient (Wildman–Crippen LogP) is 1.72. The Morgan fingerprint density at radius 3 is 2.52 bits per heavy atom. The molecule has 0 saturated carbocycles. The van der Waals surface area contributed by atoms with Gasteiger partial charge in [0.2, 0.25) is 15.0 Å². The van der Waals surface area contributed by atoms with Crippen LogP contribution in [0.1, 0.15) is 16.8 Å². The van der Waals surface area contributed by atoms with Crippen molar-refractivity contribution in [3.8, 4) is 0 Å². The van der Waals surface area contributed by atoms with E-state index in [4.69, 9.17) is 4.74 Å². The minimum Gasteiger partial charge on any atom is -0.384 e. The van der Waals surface area contributed by atoms with Gasteiger partial charge in [0.25, 0.3) is 0 Å². The van der Waals surface area contributed by atoms with Crippen LogP contribution in [0.15, 0.2) is 54.1 Å². The lowest BCUT2D eigenvalue weighted by Gasteiger charge is -2.18. The van der Waals surface area contributed by atoms with Gasteiger partial charge < -0.3 is 9.30 Å². The van der Waals surface area contributed by atoms with Crippen LogP contribution < -0.4 is 0 Å². The van der Waals surface area contributed by atoms with E-state index in [2.05, 4.69) is 15.0 Å². The van der Waals surface area contributed by atoms with Crippen LogP contribution in [0.25, 0.3) is 0 Å². The zero-order chi connectivity index (χ0) is 20.9. The Morgan fingerprint density at radius 1 is 1.10 bits per heavy atom. The number of nitrogens with zero attached hydrogens (tertiary/aromatic N) is 5. The molecule has 0 N–H and O–H groups in total. The summed E-state index contributed by atoms with van der Waals surface area (Å²) in [6.07, 6.45) is 5.46. The van der Waals surface area contributed by atoms with Crippen molar-refractivity contribution in [2.45, 2.75) is 24.8 Å². The Labute approximate surface area is 171 Å². The Balaban J connectivity index is 1.87. The van der Waals surface area contributed by atoms with Crippen LogP contribution in [0.4, 0.5) is 0 Å². The van der Waals surface area contributed by atoms with Crippen LogP contribution >= 0.6 is 0 Å². The molecule has 3 rings (SSSR count). The van der Waals surface area contributed by atoms with E-state index in [0.717, 1.165) is 16.8 Å². The summed E-state index contributed by atoms with van der Waals surface area (Å²) >= 11 is 0. The fourth-order valence-corrected chi connectivity index (χ4v) is 4.48. The van der Waals surface area contributed by atoms with Gasteiger partial charge in [-0.15, -0.1) is 0 Å². The van der Waals surface area contributed by atoms with E-state index >= 15 is 0 Å². The van der Waals surface area contributed by atoms with Crippen LogP contribution in [-0.4, -0.2) is 59.2 Å². The van der Waals surface area contributed by atoms with E-state index in [1.165, 1.54) is 7.11 Å². The largest absolute Gasteiger partial charge is 0.384 e. The number of methoxy groups -OCH3 is 1. The van der Waals surface area contributed by atoms with Gasteiger partial charge in [0.1, 0.15) is 0 Å². The Morgan fingerprint density at radius 2 is 1.86 bits per heavy atom. The maximum atomic E-state index is 12.8. The topological polar surface area (TPSA) is 82.3 Å². The minimum atomic E-state index is -3.55. The van der Waals surface area contributed by atoms with Crippen molar-refractivity contribution < 1.29 is 13.2 Å². The van der Waals surface area contributed by atoms with Crippen molar-refractivity contribution in [1.82, 2.24) is 24.2 Å². The summed E-state index contributed by atoms with van der Waals surface area (Å²) in [5.41, 5.74) is 2.96. The molecular weight excluding hydrogens is 390 g/mol. The zero-order valence-electron chi connectivity index (χ0n) is 17.0. The van der Waals surface area contributed by atoms with Gasteiger partial charge in [-0.1, -0.05) is 30.3 Å². The third-order valence-electron chi connectivity index (χ3n) is 4.56. The van der Waals surface area contributed by atoms with Crippen LogP contribution in [-0.2, 0) is 41.3 Å². The second kappa shape index (κ2) is 9.34. The van der Waals surface area contributed by atoms with Gasteiger partial charge in [-0.3, -0.25) is 9.58 Å². The number of sulfone groups is 1. The van der Waals surface area contributed by atoms with Gasteiger partial charge in [-0.05, 0) is 12.6 Å². The number of ether oxygens (including phenoxy) is 1. The highest BCUT2D eigenvalue weighted by atomic mass is 32.2. The molecule has 2 heterocycles. The Bertz CT molecular complexity index is 1030. The SMILES string of the molecule is COCCS(=O)(=O)c1ncc(CN(C)Cc2cnn(C)c2)n1Cc1ccccc1. The van der Waals surface area contributed by atoms with Crippen molar-refractivity contribution >= 4 is 9.84 Å². The van der Waals surface area contributed by atoms with Crippen LogP contribution in [0.3, 0.4) is 0 Å². The molecule has 0 fully saturated rings. The number of imidazole rings is 1. The first kappa shape index (κ1) is 21.2. The molecule has 9 heteroatoms. The second-order valence-electron chi connectivity index (χ2n) is 7.11. The molecule has 1 aromatic carbocycles. The highest BCUT2D eigenvalue weighted by Gasteiger charge is 2.24. The van der Waals surface area contributed by atoms with E-state index in [0.29, 0.717) is 19.6 Å². The third kappa shape index (κ3) is 5.53. The van der Waals surface area contributed by atoms with Gasteiger partial charge >= 0.3 is 0 Å². The van der Waals surface area contributed by atoms with E-state index in [9.17, 15) is 8.42 Å². The van der Waals surface area contributed by atoms with E-state index in [1.807, 2.05) is 56.8 Å². The van der Waals surface area contributed by atoms with Gasteiger partial charge in [-0.25, -0.2) is 13.4 Å². The summed E-state index contributed by atoms with van der Waals surface area (Å²) in [5, 5.41) is 4.28. The van der Waals surface area contributed by atoms with Crippen molar-refractivity contribution in [3.05, 3.63) is 65.7 Å². The summed E-state index contributed by atoms with van der Waals surface area (Å²) in [6.45, 7) is 1.85. The van der Waals surface area contributed by atoms with Crippen molar-refractivity contribution in [3.63, 3.8) is 0 Å². The molecule has 156 valence electrons. The van der Waals surface area contributed by atoms with Gasteiger partial charge in [-0.2, -0.15) is 5.10 Å². The third-order valence-corrected chi connectivity index (χ3v) is 6.15. The van der Waals surface area contributed by atoms with Crippen molar-refractivity contribution in [2.75, 3.05) is 26.5 Å². The quantitative estimate of drug-likeness (QED) is 0.500. The number of hydrogen-bond acceptors (Lipinski definition) is 6. The smallest absolute Gasteiger partial charge is 0.228 e. The molecule has 0 aliphatic rings. The van der Waals surface area contributed by atoms with Crippen LogP contribution in [0.5, 0.6) is 0 Å². The van der Waals surface area contributed by atoms with E-state index in [-0.39, 0.29) is 17.5 Å². The van der Waals surface area contributed by atoms with E-state index in [1.54, 1.807) is 15.4 Å². The number of benzene rings is 1. The highest BCUT2D eigenvalue weighted by Crippen LogP contribution is 2.18. The predicted molar refractivity (Wildman–Crippen MR) is 110 cm³/mol. The lowest BCUT2D eigenvalue weighted by atomic mass is 10.2. The standard InChI is InChI=1S/C20H27N5O3S/c1-23(13-18-11-22-24(2)14-18)16-19-12-21-20(29(26,27)10-9-28-3)25(19)15-17-7-5-4-6-8-17/h4-8,11-12,14H,9-10,13,15-16H2,1-3H3. The summed E-state index contributed by atoms with van der Waals surface area (Å²) in [6, 6.07) is 9.79. The molecule has 8 nitrogen and oxygen atoms in total. The monoisotopic (exact) mass is 417 g/mol. The highest BCUT2D eigenvalue weighted by molar-refractivity contribution is 7.91. The average Bonchev–Trinajstić information content (AvgIpc) is 3.27. The van der Waals surface area contributed by atoms with Gasteiger partial charge in [0, 0.05) is 39.0 Å². The second-order valence-corrected chi connectivity index (χ2v) is 9.11. The Kier molecular flexibility index (Phi) is 6.83. The fraction of sp³-hybridized carbons (Fsp3) is 0.400. The number of rotatable bonds is 10. The van der Waals surface area contributed by atoms with Crippen molar-refractivity contribution in [2.24, 2.45) is 7.05 Å². The minimum absolute atomic E-state index is 0.0863. The molecule has 0 radical (unpaired) electrons. The first-order valence-corrected chi connectivity index (χ1v) is 11.0. The van der Waals surface area contributed by atoms with Gasteiger partial charge in [0.15, 0.2) is 0 Å². The Hall–Kier alpha value is -2.49. The van der Waals surface area contributed by atoms with Gasteiger partial charge in [0.05, 0.1) is 37.0 Å². The van der Waals surface area contributed by atoms with E-state index < -0.39 is 9.84 Å². The molecule has 0 saturated heterocycles. The summed E-state index contributed by atoms with van der Waals surface area (Å²) in [7, 11) is 1.82. The summed E-state index contributed by atoms with van der Waals surface area (Å²) in [5.74, 6) is -0.0970. The molecule has 29 heavy (non-hydrogen) atoms. The average molecular weight is 418 g/mol. The zero-order valence-corrected chi connectivity index (χ0v) is 17.8. The normalized spacial score (nSPS) is 12.0. The summed E-state index contributed by atoms with van der Waals surface area (Å²) < 4.78 is 34.1. The molecule has 0 amide bonds. The molecule has 0 unspecified atom stereocenters. The van der Waals surface area contributed by atoms with Crippen LogP contribution in [0, 0.1) is 0 Å². The molecule has 0 atom stereocenters.